The molecule has 0 saturated carbocycles. The van der Waals surface area contributed by atoms with Gasteiger partial charge in [0, 0.05) is 33.7 Å². The fourth-order valence-electron chi connectivity index (χ4n) is 3.72. The summed E-state index contributed by atoms with van der Waals surface area (Å²) in [6.45, 7) is 6.91. The Morgan fingerprint density at radius 1 is 1.06 bits per heavy atom. The molecule has 0 bridgehead atoms. The van der Waals surface area contributed by atoms with Crippen molar-refractivity contribution in [3.63, 3.8) is 0 Å². The van der Waals surface area contributed by atoms with Gasteiger partial charge in [-0.15, -0.1) is 0 Å². The first-order chi connectivity index (χ1) is 16.2. The Balaban J connectivity index is 1.51. The predicted molar refractivity (Wildman–Crippen MR) is 137 cm³/mol. The summed E-state index contributed by atoms with van der Waals surface area (Å²) >= 11 is 0. The highest BCUT2D eigenvalue weighted by Gasteiger charge is 2.06. The number of hydrogen-bond acceptors (Lipinski definition) is 3. The maximum absolute atomic E-state index is 6.03. The van der Waals surface area contributed by atoms with Crippen molar-refractivity contribution in [2.24, 2.45) is 0 Å². The maximum atomic E-state index is 6.03. The number of anilines is 1. The lowest BCUT2D eigenvalue weighted by molar-refractivity contribution is 0.311. The van der Waals surface area contributed by atoms with Gasteiger partial charge in [-0.25, -0.2) is 0 Å². The van der Waals surface area contributed by atoms with Gasteiger partial charge in [-0.1, -0.05) is 55.1 Å². The van der Waals surface area contributed by atoms with E-state index < -0.39 is 0 Å². The smallest absolute Gasteiger partial charge is 0.119 e. The van der Waals surface area contributed by atoms with Crippen molar-refractivity contribution in [3.8, 4) is 17.0 Å². The van der Waals surface area contributed by atoms with Crippen LogP contribution in [0.4, 0.5) is 5.69 Å². The maximum Gasteiger partial charge on any atom is 0.119 e. The first-order valence-electron chi connectivity index (χ1n) is 11.2. The van der Waals surface area contributed by atoms with Gasteiger partial charge in [-0.05, 0) is 61.7 Å². The van der Waals surface area contributed by atoms with Gasteiger partial charge in [-0.3, -0.25) is 4.98 Å². The van der Waals surface area contributed by atoms with Crippen molar-refractivity contribution in [2.75, 3.05) is 11.9 Å². The van der Waals surface area contributed by atoms with Crippen LogP contribution in [0.15, 0.2) is 97.3 Å². The van der Waals surface area contributed by atoms with E-state index in [1.165, 1.54) is 5.56 Å². The number of rotatable bonds is 9. The fourth-order valence-corrected chi connectivity index (χ4v) is 3.72. The van der Waals surface area contributed by atoms with Gasteiger partial charge in [0.25, 0.3) is 0 Å². The molecular formula is C29H29N3O. The van der Waals surface area contributed by atoms with E-state index in [0.717, 1.165) is 51.8 Å². The second-order valence-corrected chi connectivity index (χ2v) is 7.82. The highest BCUT2D eigenvalue weighted by Crippen LogP contribution is 2.21. The summed E-state index contributed by atoms with van der Waals surface area (Å²) in [4.78, 5) is 7.61. The van der Waals surface area contributed by atoms with Gasteiger partial charge < -0.3 is 15.0 Å². The molecule has 2 aromatic carbocycles. The molecule has 0 aliphatic heterocycles. The fraction of sp³-hybridized carbons (Fsp3) is 0.138. The lowest BCUT2D eigenvalue weighted by atomic mass is 10.1. The molecule has 0 aliphatic carbocycles. The Hall–Kier alpha value is -4.05. The average Bonchev–Trinajstić information content (AvgIpc) is 3.25. The Labute approximate surface area is 195 Å². The summed E-state index contributed by atoms with van der Waals surface area (Å²) in [5.41, 5.74) is 5.29. The summed E-state index contributed by atoms with van der Waals surface area (Å²) in [5, 5.41) is 5.31. The molecule has 0 radical (unpaired) electrons. The summed E-state index contributed by atoms with van der Waals surface area (Å²) in [5.74, 6) is 0.869. The molecule has 2 N–H and O–H groups in total. The lowest BCUT2D eigenvalue weighted by Gasteiger charge is -2.08. The Bertz CT molecular complexity index is 1310. The van der Waals surface area contributed by atoms with Crippen LogP contribution in [0.1, 0.15) is 18.9 Å². The van der Waals surface area contributed by atoms with Gasteiger partial charge in [0.05, 0.1) is 18.5 Å². The van der Waals surface area contributed by atoms with Gasteiger partial charge in [0.15, 0.2) is 0 Å². The molecule has 0 atom stereocenters. The Kier molecular flexibility index (Phi) is 7.39. The third-order valence-corrected chi connectivity index (χ3v) is 5.33. The van der Waals surface area contributed by atoms with E-state index in [2.05, 4.69) is 64.3 Å². The van der Waals surface area contributed by atoms with Crippen LogP contribution in [-0.2, 0) is 6.42 Å². The standard InChI is InChI=1S/C29H29N3O/c1-3-10-28(32-25-15-8-17-30-21-25)27-20-29(31-22(27)2)24-14-7-16-26(19-24)33-18-9-13-23-11-5-4-6-12-23/h3-8,10-12,14-17,19-21,31-32H,2,9,13,18H2,1H3/b10-3-,28-27+. The van der Waals surface area contributed by atoms with E-state index in [-0.39, 0.29) is 0 Å². The van der Waals surface area contributed by atoms with Crippen molar-refractivity contribution in [1.29, 1.82) is 0 Å². The molecule has 0 amide bonds. The highest BCUT2D eigenvalue weighted by molar-refractivity contribution is 5.72. The number of hydrogen-bond donors (Lipinski definition) is 2. The Morgan fingerprint density at radius 3 is 2.73 bits per heavy atom. The topological polar surface area (TPSA) is 49.9 Å². The zero-order chi connectivity index (χ0) is 22.9. The molecule has 4 nitrogen and oxygen atoms in total. The molecular weight excluding hydrogens is 406 g/mol. The number of ether oxygens (including phenoxy) is 1. The van der Waals surface area contributed by atoms with Gasteiger partial charge in [0.2, 0.25) is 0 Å². The van der Waals surface area contributed by atoms with Crippen LogP contribution in [0, 0.1) is 0 Å². The van der Waals surface area contributed by atoms with Gasteiger partial charge in [0.1, 0.15) is 5.75 Å². The van der Waals surface area contributed by atoms with Crippen molar-refractivity contribution >= 4 is 18.0 Å². The molecule has 0 saturated heterocycles. The number of aryl methyl sites for hydroxylation is 1. The van der Waals surface area contributed by atoms with Crippen LogP contribution in [0.3, 0.4) is 0 Å². The quantitative estimate of drug-likeness (QED) is 0.351. The second-order valence-electron chi connectivity index (χ2n) is 7.82. The molecule has 166 valence electrons. The molecule has 0 fully saturated rings. The van der Waals surface area contributed by atoms with Crippen molar-refractivity contribution in [3.05, 3.63) is 113 Å². The number of H-pyrrole nitrogens is 1. The normalized spacial score (nSPS) is 12.0. The number of allylic oxidation sites excluding steroid dienone is 1. The number of aromatic nitrogens is 2. The Morgan fingerprint density at radius 2 is 1.94 bits per heavy atom. The molecule has 0 aliphatic rings. The average molecular weight is 436 g/mol. The van der Waals surface area contributed by atoms with Crippen molar-refractivity contribution in [2.45, 2.75) is 19.8 Å². The molecule has 0 spiro atoms. The highest BCUT2D eigenvalue weighted by atomic mass is 16.5. The molecule has 4 aromatic rings. The number of aromatic amines is 1. The minimum atomic E-state index is 0.684. The van der Waals surface area contributed by atoms with E-state index in [4.69, 9.17) is 4.74 Å². The van der Waals surface area contributed by atoms with Gasteiger partial charge in [-0.2, -0.15) is 0 Å². The minimum absolute atomic E-state index is 0.684. The molecule has 4 heteroatoms. The largest absolute Gasteiger partial charge is 0.494 e. The van der Waals surface area contributed by atoms with E-state index >= 15 is 0 Å². The molecule has 2 aromatic heterocycles. The first kappa shape index (κ1) is 22.2. The van der Waals surface area contributed by atoms with Crippen LogP contribution in [0.25, 0.3) is 23.5 Å². The third-order valence-electron chi connectivity index (χ3n) is 5.33. The van der Waals surface area contributed by atoms with Crippen LogP contribution in [0.2, 0.25) is 0 Å². The van der Waals surface area contributed by atoms with E-state index in [1.807, 2.05) is 49.4 Å². The second kappa shape index (κ2) is 11.0. The molecule has 2 heterocycles. The van der Waals surface area contributed by atoms with E-state index in [9.17, 15) is 0 Å². The van der Waals surface area contributed by atoms with E-state index in [1.54, 1.807) is 12.4 Å². The van der Waals surface area contributed by atoms with Crippen molar-refractivity contribution < 1.29 is 4.74 Å². The summed E-state index contributed by atoms with van der Waals surface area (Å²) < 4.78 is 6.03. The SMILES string of the molecule is C=c1[nH]c(-c2cccc(OCCCc3ccccc3)c2)c/c1=C(/C=C\C)Nc1cccnc1. The molecule has 0 unspecified atom stereocenters. The van der Waals surface area contributed by atoms with Crippen LogP contribution in [0.5, 0.6) is 5.75 Å². The molecule has 4 rings (SSSR count). The predicted octanol–water partition coefficient (Wildman–Crippen LogP) is 5.30. The minimum Gasteiger partial charge on any atom is -0.494 e. The van der Waals surface area contributed by atoms with Crippen LogP contribution in [-0.4, -0.2) is 16.6 Å². The summed E-state index contributed by atoms with van der Waals surface area (Å²) in [6, 6.07) is 24.7. The number of pyridine rings is 1. The zero-order valence-corrected chi connectivity index (χ0v) is 18.9. The monoisotopic (exact) mass is 435 g/mol. The lowest BCUT2D eigenvalue weighted by Crippen LogP contribution is -2.25. The van der Waals surface area contributed by atoms with Crippen LogP contribution < -0.4 is 20.6 Å². The van der Waals surface area contributed by atoms with Crippen LogP contribution >= 0.6 is 0 Å². The zero-order valence-electron chi connectivity index (χ0n) is 18.9. The number of nitrogens with one attached hydrogen (secondary N) is 2. The first-order valence-corrected chi connectivity index (χ1v) is 11.2. The number of benzene rings is 2. The number of nitrogens with zero attached hydrogens (tertiary/aromatic N) is 1. The van der Waals surface area contributed by atoms with Crippen molar-refractivity contribution in [1.82, 2.24) is 9.97 Å². The van der Waals surface area contributed by atoms with E-state index in [0.29, 0.717) is 6.61 Å². The molecule has 33 heavy (non-hydrogen) atoms. The summed E-state index contributed by atoms with van der Waals surface area (Å²) in [7, 11) is 0. The summed E-state index contributed by atoms with van der Waals surface area (Å²) in [6.07, 6.45) is 9.61. The third kappa shape index (κ3) is 6.01. The van der Waals surface area contributed by atoms with Gasteiger partial charge >= 0.3 is 0 Å².